The number of anilines is 1. The predicted octanol–water partition coefficient (Wildman–Crippen LogP) is 4.50. The molecule has 7 nitrogen and oxygen atoms in total. The second kappa shape index (κ2) is 9.99. The molecule has 0 unspecified atom stereocenters. The van der Waals surface area contributed by atoms with Crippen molar-refractivity contribution in [1.29, 1.82) is 0 Å². The molecule has 0 spiro atoms. The number of carbonyl (C=O) groups excluding carboxylic acids is 1. The van der Waals surface area contributed by atoms with Crippen LogP contribution in [0.15, 0.2) is 41.5 Å². The number of fused-ring (bicyclic) bond motifs is 1. The van der Waals surface area contributed by atoms with E-state index in [0.29, 0.717) is 29.6 Å². The number of hydrogen-bond donors (Lipinski definition) is 2. The van der Waals surface area contributed by atoms with Crippen LogP contribution in [0.25, 0.3) is 0 Å². The van der Waals surface area contributed by atoms with E-state index in [1.807, 2.05) is 45.0 Å². The zero-order valence-corrected chi connectivity index (χ0v) is 19.9. The molecule has 0 fully saturated rings. The first-order chi connectivity index (χ1) is 15.2. The zero-order chi connectivity index (χ0) is 23.3. The minimum absolute atomic E-state index is 0.159. The van der Waals surface area contributed by atoms with Crippen LogP contribution in [0, 0.1) is 13.8 Å². The van der Waals surface area contributed by atoms with Crippen molar-refractivity contribution in [2.24, 2.45) is 5.10 Å². The molecule has 32 heavy (non-hydrogen) atoms. The third kappa shape index (κ3) is 5.97. The van der Waals surface area contributed by atoms with Gasteiger partial charge in [-0.15, -0.1) is 0 Å². The lowest BCUT2D eigenvalue weighted by molar-refractivity contribution is -0.145. The van der Waals surface area contributed by atoms with Gasteiger partial charge < -0.3 is 19.5 Å². The molecule has 170 valence electrons. The van der Waals surface area contributed by atoms with Gasteiger partial charge in [0.2, 0.25) is 0 Å². The Morgan fingerprint density at radius 2 is 2.03 bits per heavy atom. The topological polar surface area (TPSA) is 81.2 Å². The van der Waals surface area contributed by atoms with E-state index in [4.69, 9.17) is 26.4 Å². The SMILES string of the molecule is CCOC(=O)COc1ccc2c(c1)C(=NNC(=S)Nc1cccc(C)c1C)CC(C)(C)O2. The molecule has 2 aromatic rings. The quantitative estimate of drug-likeness (QED) is 0.377. The molecule has 0 atom stereocenters. The molecule has 0 aliphatic carbocycles. The summed E-state index contributed by atoms with van der Waals surface area (Å²) in [5.41, 5.74) is 7.33. The van der Waals surface area contributed by atoms with Gasteiger partial charge in [-0.2, -0.15) is 5.10 Å². The van der Waals surface area contributed by atoms with Gasteiger partial charge in [0.05, 0.1) is 12.3 Å². The Balaban J connectivity index is 1.77. The van der Waals surface area contributed by atoms with Crippen LogP contribution < -0.4 is 20.2 Å². The number of benzene rings is 2. The van der Waals surface area contributed by atoms with Gasteiger partial charge in [0.25, 0.3) is 0 Å². The fourth-order valence-electron chi connectivity index (χ4n) is 3.35. The molecule has 3 rings (SSSR count). The molecule has 0 saturated carbocycles. The van der Waals surface area contributed by atoms with Gasteiger partial charge in [0.15, 0.2) is 11.7 Å². The second-order valence-corrected chi connectivity index (χ2v) is 8.57. The molecule has 0 radical (unpaired) electrons. The van der Waals surface area contributed by atoms with Gasteiger partial charge >= 0.3 is 5.97 Å². The van der Waals surface area contributed by atoms with Crippen LogP contribution in [0.1, 0.15) is 43.9 Å². The van der Waals surface area contributed by atoms with Crippen molar-refractivity contribution >= 4 is 34.7 Å². The molecule has 0 amide bonds. The van der Waals surface area contributed by atoms with Gasteiger partial charge in [-0.1, -0.05) is 12.1 Å². The number of hydrazone groups is 1. The first kappa shape index (κ1) is 23.5. The van der Waals surface area contributed by atoms with Gasteiger partial charge in [0.1, 0.15) is 17.1 Å². The number of carbonyl (C=O) groups is 1. The van der Waals surface area contributed by atoms with Crippen LogP contribution in [-0.4, -0.2) is 35.6 Å². The molecule has 2 aromatic carbocycles. The van der Waals surface area contributed by atoms with E-state index in [9.17, 15) is 4.79 Å². The van der Waals surface area contributed by atoms with Crippen molar-refractivity contribution in [3.8, 4) is 11.5 Å². The van der Waals surface area contributed by atoms with Crippen molar-refractivity contribution in [3.05, 3.63) is 53.1 Å². The normalized spacial score (nSPS) is 15.3. The summed E-state index contributed by atoms with van der Waals surface area (Å²) in [5.74, 6) is 0.809. The van der Waals surface area contributed by atoms with Gasteiger partial charge in [-0.25, -0.2) is 4.79 Å². The molecular formula is C24H29N3O4S. The van der Waals surface area contributed by atoms with Crippen molar-refractivity contribution in [3.63, 3.8) is 0 Å². The van der Waals surface area contributed by atoms with Crippen molar-refractivity contribution in [2.45, 2.75) is 46.6 Å². The number of aryl methyl sites for hydroxylation is 1. The number of thiocarbonyl (C=S) groups is 1. The maximum atomic E-state index is 11.6. The number of rotatable bonds is 6. The largest absolute Gasteiger partial charge is 0.487 e. The van der Waals surface area contributed by atoms with E-state index in [2.05, 4.69) is 28.8 Å². The highest BCUT2D eigenvalue weighted by atomic mass is 32.1. The Labute approximate surface area is 194 Å². The number of esters is 1. The lowest BCUT2D eigenvalue weighted by Gasteiger charge is -2.33. The molecule has 0 saturated heterocycles. The minimum atomic E-state index is -0.428. The van der Waals surface area contributed by atoms with E-state index >= 15 is 0 Å². The Bertz CT molecular complexity index is 1050. The maximum Gasteiger partial charge on any atom is 0.344 e. The summed E-state index contributed by atoms with van der Waals surface area (Å²) < 4.78 is 16.6. The van der Waals surface area contributed by atoms with Crippen LogP contribution >= 0.6 is 12.2 Å². The average Bonchev–Trinajstić information content (AvgIpc) is 2.73. The van der Waals surface area contributed by atoms with E-state index < -0.39 is 11.6 Å². The average molecular weight is 456 g/mol. The molecule has 0 bridgehead atoms. The van der Waals surface area contributed by atoms with Gasteiger partial charge in [-0.05, 0) is 82.2 Å². The van der Waals surface area contributed by atoms with Crippen LogP contribution in [0.5, 0.6) is 11.5 Å². The number of nitrogens with zero attached hydrogens (tertiary/aromatic N) is 1. The van der Waals surface area contributed by atoms with E-state index in [1.165, 1.54) is 5.56 Å². The van der Waals surface area contributed by atoms with Crippen LogP contribution in [-0.2, 0) is 9.53 Å². The highest BCUT2D eigenvalue weighted by Gasteiger charge is 2.31. The maximum absolute atomic E-state index is 11.6. The summed E-state index contributed by atoms with van der Waals surface area (Å²) in [6.45, 7) is 10.0. The van der Waals surface area contributed by atoms with Crippen LogP contribution in [0.4, 0.5) is 5.69 Å². The lowest BCUT2D eigenvalue weighted by atomic mass is 9.92. The highest BCUT2D eigenvalue weighted by molar-refractivity contribution is 7.80. The smallest absolute Gasteiger partial charge is 0.344 e. The fourth-order valence-corrected chi connectivity index (χ4v) is 3.50. The van der Waals surface area contributed by atoms with E-state index in [0.717, 1.165) is 22.5 Å². The Morgan fingerprint density at radius 1 is 1.25 bits per heavy atom. The third-order valence-electron chi connectivity index (χ3n) is 5.05. The lowest BCUT2D eigenvalue weighted by Crippen LogP contribution is -2.37. The van der Waals surface area contributed by atoms with E-state index in [1.54, 1.807) is 13.0 Å². The zero-order valence-electron chi connectivity index (χ0n) is 19.1. The predicted molar refractivity (Wildman–Crippen MR) is 130 cm³/mol. The monoisotopic (exact) mass is 455 g/mol. The molecule has 1 aliphatic heterocycles. The summed E-state index contributed by atoms with van der Waals surface area (Å²) in [6, 6.07) is 11.4. The number of hydrogen-bond acceptors (Lipinski definition) is 6. The molecule has 8 heteroatoms. The standard InChI is InChI=1S/C24H29N3O4S/c1-6-29-22(28)14-30-17-10-11-21-18(12-17)20(13-24(4,5)31-21)26-27-23(32)25-19-9-7-8-15(2)16(19)3/h7-12H,6,13-14H2,1-5H3,(H2,25,27,32). The van der Waals surface area contributed by atoms with Crippen LogP contribution in [0.3, 0.4) is 0 Å². The van der Waals surface area contributed by atoms with Crippen molar-refractivity contribution in [2.75, 3.05) is 18.5 Å². The van der Waals surface area contributed by atoms with E-state index in [-0.39, 0.29) is 6.61 Å². The fraction of sp³-hybridized carbons (Fsp3) is 0.375. The second-order valence-electron chi connectivity index (χ2n) is 8.16. The van der Waals surface area contributed by atoms with Crippen LogP contribution in [0.2, 0.25) is 0 Å². The molecule has 0 aromatic heterocycles. The Morgan fingerprint density at radius 3 is 2.78 bits per heavy atom. The summed E-state index contributed by atoms with van der Waals surface area (Å²) in [5, 5.41) is 8.16. The summed E-state index contributed by atoms with van der Waals surface area (Å²) >= 11 is 5.45. The summed E-state index contributed by atoms with van der Waals surface area (Å²) in [7, 11) is 0. The summed E-state index contributed by atoms with van der Waals surface area (Å²) in [6.07, 6.45) is 0.570. The first-order valence-corrected chi connectivity index (χ1v) is 10.9. The summed E-state index contributed by atoms with van der Waals surface area (Å²) in [4.78, 5) is 11.6. The van der Waals surface area contributed by atoms with Crippen molar-refractivity contribution in [1.82, 2.24) is 5.43 Å². The Hall–Kier alpha value is -3.13. The third-order valence-corrected chi connectivity index (χ3v) is 5.24. The van der Waals surface area contributed by atoms with Gasteiger partial charge in [0, 0.05) is 17.7 Å². The molecule has 1 heterocycles. The first-order valence-electron chi connectivity index (χ1n) is 10.5. The minimum Gasteiger partial charge on any atom is -0.487 e. The Kier molecular flexibility index (Phi) is 7.35. The highest BCUT2D eigenvalue weighted by Crippen LogP contribution is 2.35. The number of nitrogens with one attached hydrogen (secondary N) is 2. The molecule has 2 N–H and O–H groups in total. The number of ether oxygens (including phenoxy) is 3. The molecular weight excluding hydrogens is 426 g/mol. The van der Waals surface area contributed by atoms with Crippen molar-refractivity contribution < 1.29 is 19.0 Å². The molecule has 1 aliphatic rings. The van der Waals surface area contributed by atoms with Gasteiger partial charge in [-0.3, -0.25) is 5.43 Å².